The minimum Gasteiger partial charge on any atom is -0.356 e. The molecule has 0 aliphatic carbocycles. The summed E-state index contributed by atoms with van der Waals surface area (Å²) < 4.78 is 13.5. The van der Waals surface area contributed by atoms with Crippen molar-refractivity contribution in [2.45, 2.75) is 45.6 Å². The second kappa shape index (κ2) is 9.73. The first kappa shape index (κ1) is 19.7. The average Bonchev–Trinajstić information content (AvgIpc) is 2.46. The number of hydrogen-bond acceptors (Lipinski definition) is 2. The van der Waals surface area contributed by atoms with Gasteiger partial charge in [0.05, 0.1) is 11.1 Å². The van der Waals surface area contributed by atoms with E-state index in [1.54, 1.807) is 6.92 Å². The molecule has 128 valence electrons. The highest BCUT2D eigenvalue weighted by Crippen LogP contribution is 2.28. The third kappa shape index (κ3) is 7.18. The molecule has 0 spiro atoms. The standard InChI is InChI=1S/C16H21Cl2FN2O2/c1-10(12-8-15(19)14(18)9-13(12)17)21-16(23)6-4-3-5-7-20-11(2)22/h8-10H,3-7H2,1-2H3,(H,20,22)(H,21,23). The van der Waals surface area contributed by atoms with Gasteiger partial charge in [0, 0.05) is 24.9 Å². The average molecular weight is 363 g/mol. The van der Waals surface area contributed by atoms with Gasteiger partial charge in [-0.05, 0) is 37.5 Å². The fourth-order valence-corrected chi connectivity index (χ4v) is 2.66. The van der Waals surface area contributed by atoms with Crippen molar-refractivity contribution in [1.29, 1.82) is 0 Å². The fraction of sp³-hybridized carbons (Fsp3) is 0.500. The molecule has 1 rings (SSSR count). The summed E-state index contributed by atoms with van der Waals surface area (Å²) in [4.78, 5) is 22.6. The zero-order valence-corrected chi connectivity index (χ0v) is 14.7. The lowest BCUT2D eigenvalue weighted by atomic mass is 10.1. The maximum Gasteiger partial charge on any atom is 0.220 e. The number of amides is 2. The second-order valence-corrected chi connectivity index (χ2v) is 6.19. The van der Waals surface area contributed by atoms with Crippen LogP contribution in [0.2, 0.25) is 10.0 Å². The molecule has 1 atom stereocenters. The van der Waals surface area contributed by atoms with Crippen LogP contribution in [0, 0.1) is 5.82 Å². The Morgan fingerprint density at radius 3 is 2.52 bits per heavy atom. The summed E-state index contributed by atoms with van der Waals surface area (Å²) in [7, 11) is 0. The molecule has 0 aliphatic rings. The predicted octanol–water partition coefficient (Wildman–Crippen LogP) is 4.01. The van der Waals surface area contributed by atoms with E-state index in [1.165, 1.54) is 19.1 Å². The van der Waals surface area contributed by atoms with E-state index >= 15 is 0 Å². The van der Waals surface area contributed by atoms with Gasteiger partial charge in [-0.3, -0.25) is 9.59 Å². The zero-order chi connectivity index (χ0) is 17.4. The molecule has 2 N–H and O–H groups in total. The smallest absolute Gasteiger partial charge is 0.220 e. The Morgan fingerprint density at radius 1 is 1.17 bits per heavy atom. The van der Waals surface area contributed by atoms with E-state index in [0.29, 0.717) is 23.6 Å². The Balaban J connectivity index is 2.37. The van der Waals surface area contributed by atoms with Gasteiger partial charge in [-0.2, -0.15) is 0 Å². The maximum absolute atomic E-state index is 13.5. The van der Waals surface area contributed by atoms with Gasteiger partial charge >= 0.3 is 0 Å². The van der Waals surface area contributed by atoms with Gasteiger partial charge in [-0.25, -0.2) is 4.39 Å². The molecule has 0 aromatic heterocycles. The summed E-state index contributed by atoms with van der Waals surface area (Å²) in [5, 5.41) is 5.77. The molecular formula is C16H21Cl2FN2O2. The van der Waals surface area contributed by atoms with E-state index in [1.807, 2.05) is 0 Å². The Kier molecular flexibility index (Phi) is 8.34. The van der Waals surface area contributed by atoms with Gasteiger partial charge in [0.2, 0.25) is 11.8 Å². The van der Waals surface area contributed by atoms with Gasteiger partial charge in [0.15, 0.2) is 0 Å². The van der Waals surface area contributed by atoms with Crippen molar-refractivity contribution in [1.82, 2.24) is 10.6 Å². The van der Waals surface area contributed by atoms with E-state index in [0.717, 1.165) is 19.3 Å². The largest absolute Gasteiger partial charge is 0.356 e. The lowest BCUT2D eigenvalue weighted by Gasteiger charge is -2.16. The van der Waals surface area contributed by atoms with Crippen LogP contribution in [0.5, 0.6) is 0 Å². The van der Waals surface area contributed by atoms with Crippen LogP contribution in [0.3, 0.4) is 0 Å². The normalized spacial score (nSPS) is 11.9. The Bertz CT molecular complexity index is 567. The minimum absolute atomic E-state index is 0.0450. The van der Waals surface area contributed by atoms with Crippen molar-refractivity contribution in [2.24, 2.45) is 0 Å². The molecule has 0 radical (unpaired) electrons. The van der Waals surface area contributed by atoms with Crippen molar-refractivity contribution < 1.29 is 14.0 Å². The van der Waals surface area contributed by atoms with Gasteiger partial charge in [0.1, 0.15) is 5.82 Å². The quantitative estimate of drug-likeness (QED) is 0.542. The molecule has 1 unspecified atom stereocenters. The van der Waals surface area contributed by atoms with Crippen LogP contribution in [-0.4, -0.2) is 18.4 Å². The first-order valence-electron chi connectivity index (χ1n) is 7.49. The van der Waals surface area contributed by atoms with Crippen LogP contribution in [0.15, 0.2) is 12.1 Å². The van der Waals surface area contributed by atoms with Crippen LogP contribution in [-0.2, 0) is 9.59 Å². The molecule has 1 aromatic carbocycles. The summed E-state index contributed by atoms with van der Waals surface area (Å²) >= 11 is 11.7. The Morgan fingerprint density at radius 2 is 1.87 bits per heavy atom. The monoisotopic (exact) mass is 362 g/mol. The number of hydrogen-bond donors (Lipinski definition) is 2. The lowest BCUT2D eigenvalue weighted by Crippen LogP contribution is -2.26. The van der Waals surface area contributed by atoms with Crippen LogP contribution < -0.4 is 10.6 Å². The predicted molar refractivity (Wildman–Crippen MR) is 90.1 cm³/mol. The van der Waals surface area contributed by atoms with E-state index in [9.17, 15) is 14.0 Å². The first-order valence-corrected chi connectivity index (χ1v) is 8.25. The summed E-state index contributed by atoms with van der Waals surface area (Å²) in [5.74, 6) is -0.739. The number of unbranched alkanes of at least 4 members (excludes halogenated alkanes) is 2. The highest BCUT2D eigenvalue weighted by atomic mass is 35.5. The van der Waals surface area contributed by atoms with Gasteiger partial charge in [-0.15, -0.1) is 0 Å². The van der Waals surface area contributed by atoms with Gasteiger partial charge in [-0.1, -0.05) is 29.6 Å². The second-order valence-electron chi connectivity index (χ2n) is 5.37. The van der Waals surface area contributed by atoms with E-state index in [2.05, 4.69) is 10.6 Å². The maximum atomic E-state index is 13.5. The molecule has 4 nitrogen and oxygen atoms in total. The molecular weight excluding hydrogens is 342 g/mol. The van der Waals surface area contributed by atoms with Crippen molar-refractivity contribution in [3.63, 3.8) is 0 Å². The molecule has 7 heteroatoms. The van der Waals surface area contributed by atoms with Crippen LogP contribution in [0.1, 0.15) is 51.1 Å². The van der Waals surface area contributed by atoms with E-state index in [4.69, 9.17) is 23.2 Å². The zero-order valence-electron chi connectivity index (χ0n) is 13.2. The fourth-order valence-electron chi connectivity index (χ4n) is 2.11. The van der Waals surface area contributed by atoms with Crippen molar-refractivity contribution in [2.75, 3.05) is 6.54 Å². The molecule has 0 fully saturated rings. The molecule has 0 bridgehead atoms. The minimum atomic E-state index is -0.565. The molecule has 0 saturated heterocycles. The molecule has 0 aliphatic heterocycles. The number of benzene rings is 1. The molecule has 2 amide bonds. The third-order valence-corrected chi connectivity index (χ3v) is 3.96. The van der Waals surface area contributed by atoms with Crippen LogP contribution in [0.4, 0.5) is 4.39 Å². The van der Waals surface area contributed by atoms with E-state index in [-0.39, 0.29) is 16.8 Å². The van der Waals surface area contributed by atoms with Gasteiger partial charge in [0.25, 0.3) is 0 Å². The Labute approximate surface area is 145 Å². The van der Waals surface area contributed by atoms with Gasteiger partial charge < -0.3 is 10.6 Å². The number of halogens is 3. The number of rotatable bonds is 8. The molecule has 23 heavy (non-hydrogen) atoms. The number of nitrogens with one attached hydrogen (secondary N) is 2. The molecule has 0 heterocycles. The third-order valence-electron chi connectivity index (χ3n) is 3.34. The topological polar surface area (TPSA) is 58.2 Å². The van der Waals surface area contributed by atoms with Crippen molar-refractivity contribution >= 4 is 35.0 Å². The van der Waals surface area contributed by atoms with Crippen LogP contribution in [0.25, 0.3) is 0 Å². The van der Waals surface area contributed by atoms with Crippen LogP contribution >= 0.6 is 23.2 Å². The number of carbonyl (C=O) groups excluding carboxylic acids is 2. The van der Waals surface area contributed by atoms with Crippen molar-refractivity contribution in [3.8, 4) is 0 Å². The van der Waals surface area contributed by atoms with Crippen molar-refractivity contribution in [3.05, 3.63) is 33.6 Å². The highest BCUT2D eigenvalue weighted by Gasteiger charge is 2.15. The SMILES string of the molecule is CC(=O)NCCCCCC(=O)NC(C)c1cc(F)c(Cl)cc1Cl. The highest BCUT2D eigenvalue weighted by molar-refractivity contribution is 6.35. The lowest BCUT2D eigenvalue weighted by molar-refractivity contribution is -0.122. The number of carbonyl (C=O) groups is 2. The molecule has 1 aromatic rings. The molecule has 0 saturated carbocycles. The van der Waals surface area contributed by atoms with E-state index < -0.39 is 11.9 Å². The summed E-state index contributed by atoms with van der Waals surface area (Å²) in [6, 6.07) is 2.17. The summed E-state index contributed by atoms with van der Waals surface area (Å²) in [6.45, 7) is 3.83. The Hall–Kier alpha value is -1.33. The first-order chi connectivity index (χ1) is 10.8. The summed E-state index contributed by atoms with van der Waals surface area (Å²) in [5.41, 5.74) is 0.493. The summed E-state index contributed by atoms with van der Waals surface area (Å²) in [6.07, 6.45) is 2.77.